The molecule has 3 rings (SSSR count). The van der Waals surface area contributed by atoms with Crippen LogP contribution in [0, 0.1) is 0 Å². The number of nitrogens with zero attached hydrogens (tertiary/aromatic N) is 1. The van der Waals surface area contributed by atoms with Crippen molar-refractivity contribution in [2.45, 2.75) is 17.4 Å². The average Bonchev–Trinajstić information content (AvgIpc) is 2.64. The number of fused-ring (bicyclic) bond motifs is 1. The Labute approximate surface area is 165 Å². The molecule has 2 aromatic carbocycles. The number of rotatable bonds is 6. The fourth-order valence-corrected chi connectivity index (χ4v) is 3.89. The molecule has 0 spiro atoms. The van der Waals surface area contributed by atoms with Crippen molar-refractivity contribution < 1.29 is 19.5 Å². The van der Waals surface area contributed by atoms with Crippen molar-refractivity contribution in [1.29, 1.82) is 0 Å². The molecule has 6 nitrogen and oxygen atoms in total. The third kappa shape index (κ3) is 4.81. The summed E-state index contributed by atoms with van der Waals surface area (Å²) < 4.78 is 0. The number of aliphatic carboxylic acids is 1. The lowest BCUT2D eigenvalue weighted by Crippen LogP contribution is -2.44. The van der Waals surface area contributed by atoms with E-state index in [1.807, 2.05) is 18.2 Å². The molecule has 2 aromatic rings. The van der Waals surface area contributed by atoms with Crippen LogP contribution in [0.15, 0.2) is 53.4 Å². The molecular formula is C19H17ClN2O4S. The minimum atomic E-state index is -1.04. The van der Waals surface area contributed by atoms with Crippen molar-refractivity contribution in [3.8, 4) is 0 Å². The zero-order valence-corrected chi connectivity index (χ0v) is 15.8. The summed E-state index contributed by atoms with van der Waals surface area (Å²) in [5.74, 6) is -1.35. The van der Waals surface area contributed by atoms with Gasteiger partial charge < -0.3 is 15.3 Å². The second-order valence-corrected chi connectivity index (χ2v) is 7.46. The molecule has 0 saturated carbocycles. The Bertz CT molecular complexity index is 872. The van der Waals surface area contributed by atoms with E-state index in [4.69, 9.17) is 16.7 Å². The van der Waals surface area contributed by atoms with Gasteiger partial charge in [0, 0.05) is 9.92 Å². The maximum atomic E-state index is 12.6. The lowest BCUT2D eigenvalue weighted by molar-refractivity contribution is -0.137. The van der Waals surface area contributed by atoms with Crippen LogP contribution in [-0.4, -0.2) is 35.2 Å². The van der Waals surface area contributed by atoms with Gasteiger partial charge in [0.15, 0.2) is 0 Å². The highest BCUT2D eigenvalue weighted by Gasteiger charge is 2.27. The molecule has 1 heterocycles. The largest absolute Gasteiger partial charge is 0.481 e. The topological polar surface area (TPSA) is 86.7 Å². The van der Waals surface area contributed by atoms with E-state index in [0.717, 1.165) is 4.90 Å². The van der Waals surface area contributed by atoms with Gasteiger partial charge in [-0.3, -0.25) is 14.4 Å². The van der Waals surface area contributed by atoms with E-state index in [1.54, 1.807) is 30.3 Å². The van der Waals surface area contributed by atoms with E-state index in [0.29, 0.717) is 16.3 Å². The first kappa shape index (κ1) is 19.3. The van der Waals surface area contributed by atoms with Crippen LogP contribution in [0.3, 0.4) is 0 Å². The second kappa shape index (κ2) is 8.45. The molecule has 1 aliphatic rings. The quantitative estimate of drug-likeness (QED) is 0.772. The molecule has 2 amide bonds. The maximum Gasteiger partial charge on any atom is 0.305 e. The first-order chi connectivity index (χ1) is 12.9. The van der Waals surface area contributed by atoms with E-state index in [1.165, 1.54) is 16.7 Å². The number of benzene rings is 2. The smallest absolute Gasteiger partial charge is 0.305 e. The number of carboxylic acids is 1. The van der Waals surface area contributed by atoms with Gasteiger partial charge in [-0.05, 0) is 29.8 Å². The molecule has 0 aromatic heterocycles. The van der Waals surface area contributed by atoms with Crippen LogP contribution in [0.25, 0.3) is 0 Å². The molecular weight excluding hydrogens is 388 g/mol. The lowest BCUT2D eigenvalue weighted by atomic mass is 10.0. The predicted molar refractivity (Wildman–Crippen MR) is 104 cm³/mol. The zero-order valence-electron chi connectivity index (χ0n) is 14.2. The molecule has 0 bridgehead atoms. The van der Waals surface area contributed by atoms with E-state index >= 15 is 0 Å². The molecule has 0 radical (unpaired) electrons. The summed E-state index contributed by atoms with van der Waals surface area (Å²) in [6, 6.07) is 13.3. The number of carbonyl (C=O) groups excluding carboxylic acids is 2. The van der Waals surface area contributed by atoms with Crippen molar-refractivity contribution >= 4 is 46.8 Å². The second-order valence-electron chi connectivity index (χ2n) is 6.01. The minimum Gasteiger partial charge on any atom is -0.481 e. The Hall–Kier alpha value is -2.51. The summed E-state index contributed by atoms with van der Waals surface area (Å²) >= 11 is 7.31. The summed E-state index contributed by atoms with van der Waals surface area (Å²) in [5.41, 5.74) is 1.33. The number of halogens is 1. The number of hydrogen-bond donors (Lipinski definition) is 2. The maximum absolute atomic E-state index is 12.6. The number of carbonyl (C=O) groups is 3. The van der Waals surface area contributed by atoms with E-state index in [2.05, 4.69) is 5.32 Å². The van der Waals surface area contributed by atoms with Crippen LogP contribution in [0.2, 0.25) is 5.02 Å². The third-order valence-electron chi connectivity index (χ3n) is 4.10. The van der Waals surface area contributed by atoms with Crippen molar-refractivity contribution in [1.82, 2.24) is 5.32 Å². The van der Waals surface area contributed by atoms with Crippen LogP contribution in [0.1, 0.15) is 18.0 Å². The molecule has 0 fully saturated rings. The van der Waals surface area contributed by atoms with E-state index < -0.39 is 17.9 Å². The van der Waals surface area contributed by atoms with Gasteiger partial charge in [0.2, 0.25) is 11.8 Å². The SMILES string of the molecule is O=C(O)CC(NC(=O)CN1C(=O)CSc2ccccc21)c1ccc(Cl)cc1. The lowest BCUT2D eigenvalue weighted by Gasteiger charge is -2.29. The van der Waals surface area contributed by atoms with Crippen molar-refractivity contribution in [2.75, 3.05) is 17.2 Å². The van der Waals surface area contributed by atoms with Crippen LogP contribution < -0.4 is 10.2 Å². The first-order valence-electron chi connectivity index (χ1n) is 8.23. The summed E-state index contributed by atoms with van der Waals surface area (Å²) in [4.78, 5) is 38.4. The van der Waals surface area contributed by atoms with Gasteiger partial charge in [-0.15, -0.1) is 11.8 Å². The minimum absolute atomic E-state index is 0.157. The molecule has 27 heavy (non-hydrogen) atoms. The van der Waals surface area contributed by atoms with Gasteiger partial charge in [-0.1, -0.05) is 35.9 Å². The van der Waals surface area contributed by atoms with Crippen LogP contribution in [-0.2, 0) is 14.4 Å². The highest BCUT2D eigenvalue weighted by molar-refractivity contribution is 8.00. The van der Waals surface area contributed by atoms with Gasteiger partial charge in [0.05, 0.1) is 23.9 Å². The molecule has 1 atom stereocenters. The van der Waals surface area contributed by atoms with Crippen LogP contribution in [0.4, 0.5) is 5.69 Å². The Morgan fingerprint density at radius 3 is 2.59 bits per heavy atom. The Morgan fingerprint density at radius 1 is 1.19 bits per heavy atom. The highest BCUT2D eigenvalue weighted by Crippen LogP contribution is 2.34. The Morgan fingerprint density at radius 2 is 1.89 bits per heavy atom. The summed E-state index contributed by atoms with van der Waals surface area (Å²) in [7, 11) is 0. The number of amides is 2. The predicted octanol–water partition coefficient (Wildman–Crippen LogP) is 3.11. The monoisotopic (exact) mass is 404 g/mol. The van der Waals surface area contributed by atoms with Crippen LogP contribution in [0.5, 0.6) is 0 Å². The van der Waals surface area contributed by atoms with E-state index in [9.17, 15) is 14.4 Å². The Balaban J connectivity index is 1.75. The number of thioether (sulfide) groups is 1. The van der Waals surface area contributed by atoms with Gasteiger partial charge in [0.25, 0.3) is 0 Å². The van der Waals surface area contributed by atoms with Gasteiger partial charge in [0.1, 0.15) is 6.54 Å². The molecule has 8 heteroatoms. The number of para-hydroxylation sites is 1. The summed E-state index contributed by atoms with van der Waals surface area (Å²) in [5, 5.41) is 12.4. The fraction of sp³-hybridized carbons (Fsp3) is 0.211. The normalized spacial score (nSPS) is 14.4. The van der Waals surface area contributed by atoms with Gasteiger partial charge in [-0.2, -0.15) is 0 Å². The average molecular weight is 405 g/mol. The molecule has 2 N–H and O–H groups in total. The van der Waals surface area contributed by atoms with Crippen molar-refractivity contribution in [3.05, 3.63) is 59.1 Å². The van der Waals surface area contributed by atoms with Crippen molar-refractivity contribution in [2.24, 2.45) is 0 Å². The Kier molecular flexibility index (Phi) is 6.03. The molecule has 1 aliphatic heterocycles. The van der Waals surface area contributed by atoms with Gasteiger partial charge >= 0.3 is 5.97 Å². The van der Waals surface area contributed by atoms with E-state index in [-0.39, 0.29) is 24.6 Å². The van der Waals surface area contributed by atoms with Gasteiger partial charge in [-0.25, -0.2) is 0 Å². The van der Waals surface area contributed by atoms with Crippen molar-refractivity contribution in [3.63, 3.8) is 0 Å². The zero-order chi connectivity index (χ0) is 19.4. The number of hydrogen-bond acceptors (Lipinski definition) is 4. The first-order valence-corrected chi connectivity index (χ1v) is 9.59. The molecule has 0 saturated heterocycles. The molecule has 1 unspecified atom stereocenters. The third-order valence-corrected chi connectivity index (χ3v) is 5.40. The molecule has 140 valence electrons. The fourth-order valence-electron chi connectivity index (χ4n) is 2.83. The number of anilines is 1. The summed E-state index contributed by atoms with van der Waals surface area (Å²) in [6.45, 7) is -0.167. The summed E-state index contributed by atoms with van der Waals surface area (Å²) in [6.07, 6.45) is -0.270. The highest BCUT2D eigenvalue weighted by atomic mass is 35.5. The standard InChI is InChI=1S/C19H17ClN2O4S/c20-13-7-5-12(6-8-13)14(9-19(25)26)21-17(23)10-22-15-3-1-2-4-16(15)27-11-18(22)24/h1-8,14H,9-11H2,(H,21,23)(H,25,26). The van der Waals surface area contributed by atoms with Crippen LogP contribution >= 0.6 is 23.4 Å². The molecule has 0 aliphatic carbocycles. The number of nitrogens with one attached hydrogen (secondary N) is 1. The number of carboxylic acid groups (broad SMARTS) is 1.